The largest absolute Gasteiger partial charge is 0.467 e. The highest BCUT2D eigenvalue weighted by molar-refractivity contribution is 5.23. The van der Waals surface area contributed by atoms with Crippen LogP contribution in [0.25, 0.3) is 0 Å². The number of rotatable bonds is 4. The third kappa shape index (κ3) is 2.25. The van der Waals surface area contributed by atoms with Crippen LogP contribution in [-0.2, 0) is 0 Å². The van der Waals surface area contributed by atoms with Crippen molar-refractivity contribution in [3.05, 3.63) is 54.2 Å². The molecule has 3 heteroatoms. The Morgan fingerprint density at radius 1 is 1.40 bits per heavy atom. The third-order valence-electron chi connectivity index (χ3n) is 2.25. The molecule has 1 unspecified atom stereocenters. The Hall–Kier alpha value is -1.61. The van der Waals surface area contributed by atoms with Crippen molar-refractivity contribution in [2.24, 2.45) is 0 Å². The molecule has 0 saturated carbocycles. The first-order valence-electron chi connectivity index (χ1n) is 5.08. The van der Waals surface area contributed by atoms with Crippen molar-refractivity contribution in [3.63, 3.8) is 0 Å². The van der Waals surface area contributed by atoms with Gasteiger partial charge in [0.2, 0.25) is 0 Å². The first-order valence-corrected chi connectivity index (χ1v) is 5.08. The maximum absolute atomic E-state index is 5.41. The van der Waals surface area contributed by atoms with Crippen molar-refractivity contribution in [2.45, 2.75) is 13.0 Å². The van der Waals surface area contributed by atoms with Gasteiger partial charge in [0, 0.05) is 12.4 Å². The highest BCUT2D eigenvalue weighted by Crippen LogP contribution is 2.21. The standard InChI is InChI=1S/C12H14N2O/c1-2-14-12(11-6-4-8-15-11)10-5-3-7-13-9-10/h3-9,12,14H,2H2,1H3. The second-order valence-electron chi connectivity index (χ2n) is 3.29. The van der Waals surface area contributed by atoms with Crippen LogP contribution in [0.3, 0.4) is 0 Å². The Morgan fingerprint density at radius 2 is 2.33 bits per heavy atom. The smallest absolute Gasteiger partial charge is 0.125 e. The van der Waals surface area contributed by atoms with Gasteiger partial charge in [-0.15, -0.1) is 0 Å². The lowest BCUT2D eigenvalue weighted by Crippen LogP contribution is -2.21. The van der Waals surface area contributed by atoms with E-state index in [2.05, 4.69) is 17.2 Å². The molecule has 0 aliphatic rings. The molecule has 0 amide bonds. The monoisotopic (exact) mass is 202 g/mol. The van der Waals surface area contributed by atoms with Gasteiger partial charge in [-0.2, -0.15) is 0 Å². The van der Waals surface area contributed by atoms with Gasteiger partial charge >= 0.3 is 0 Å². The van der Waals surface area contributed by atoms with Crippen molar-refractivity contribution < 1.29 is 4.42 Å². The molecule has 2 rings (SSSR count). The number of aromatic nitrogens is 1. The maximum atomic E-state index is 5.41. The lowest BCUT2D eigenvalue weighted by atomic mass is 10.1. The normalized spacial score (nSPS) is 12.6. The summed E-state index contributed by atoms with van der Waals surface area (Å²) in [7, 11) is 0. The summed E-state index contributed by atoms with van der Waals surface area (Å²) in [6.07, 6.45) is 5.32. The lowest BCUT2D eigenvalue weighted by Gasteiger charge is -2.15. The Labute approximate surface area is 89.1 Å². The van der Waals surface area contributed by atoms with E-state index < -0.39 is 0 Å². The predicted octanol–water partition coefficient (Wildman–Crippen LogP) is 2.37. The molecule has 3 nitrogen and oxygen atoms in total. The molecule has 0 aliphatic carbocycles. The van der Waals surface area contributed by atoms with Gasteiger partial charge in [-0.25, -0.2) is 0 Å². The number of furan rings is 1. The molecule has 78 valence electrons. The predicted molar refractivity (Wildman–Crippen MR) is 58.5 cm³/mol. The summed E-state index contributed by atoms with van der Waals surface area (Å²) in [5, 5.41) is 3.37. The van der Waals surface area contributed by atoms with Gasteiger partial charge in [-0.05, 0) is 30.3 Å². The van der Waals surface area contributed by atoms with Crippen LogP contribution >= 0.6 is 0 Å². The molecule has 0 saturated heterocycles. The number of nitrogens with one attached hydrogen (secondary N) is 1. The fourth-order valence-electron chi connectivity index (χ4n) is 1.59. The summed E-state index contributed by atoms with van der Waals surface area (Å²) in [6, 6.07) is 7.95. The molecule has 0 aliphatic heterocycles. The summed E-state index contributed by atoms with van der Waals surface area (Å²) < 4.78 is 5.41. The van der Waals surface area contributed by atoms with E-state index >= 15 is 0 Å². The highest BCUT2D eigenvalue weighted by Gasteiger charge is 2.14. The van der Waals surface area contributed by atoms with Crippen molar-refractivity contribution in [3.8, 4) is 0 Å². The summed E-state index contributed by atoms with van der Waals surface area (Å²) in [5.41, 5.74) is 1.12. The molecular weight excluding hydrogens is 188 g/mol. The maximum Gasteiger partial charge on any atom is 0.125 e. The molecule has 0 aromatic carbocycles. The Balaban J connectivity index is 2.28. The zero-order valence-electron chi connectivity index (χ0n) is 8.68. The first-order chi connectivity index (χ1) is 7.42. The van der Waals surface area contributed by atoms with Gasteiger partial charge < -0.3 is 9.73 Å². The van der Waals surface area contributed by atoms with Crippen LogP contribution in [0.4, 0.5) is 0 Å². The minimum Gasteiger partial charge on any atom is -0.467 e. The van der Waals surface area contributed by atoms with Gasteiger partial charge in [-0.1, -0.05) is 13.0 Å². The summed E-state index contributed by atoms with van der Waals surface area (Å²) in [5.74, 6) is 0.921. The molecule has 2 aromatic rings. The molecule has 0 radical (unpaired) electrons. The van der Waals surface area contributed by atoms with Gasteiger partial charge in [0.25, 0.3) is 0 Å². The minimum absolute atomic E-state index is 0.0960. The van der Waals surface area contributed by atoms with Crippen LogP contribution in [0.2, 0.25) is 0 Å². The van der Waals surface area contributed by atoms with Crippen LogP contribution in [-0.4, -0.2) is 11.5 Å². The molecule has 2 heterocycles. The van der Waals surface area contributed by atoms with Gasteiger partial charge in [0.15, 0.2) is 0 Å². The van der Waals surface area contributed by atoms with Gasteiger partial charge in [0.05, 0.1) is 12.3 Å². The van der Waals surface area contributed by atoms with Crippen molar-refractivity contribution in [2.75, 3.05) is 6.54 Å². The molecule has 1 N–H and O–H groups in total. The Bertz CT molecular complexity index is 383. The van der Waals surface area contributed by atoms with Crippen molar-refractivity contribution in [1.29, 1.82) is 0 Å². The zero-order valence-corrected chi connectivity index (χ0v) is 8.68. The molecule has 2 aromatic heterocycles. The molecular formula is C12H14N2O. The second-order valence-corrected chi connectivity index (χ2v) is 3.29. The molecule has 0 fully saturated rings. The first kappa shape index (κ1) is 9.93. The van der Waals surface area contributed by atoms with Crippen LogP contribution in [0.15, 0.2) is 47.3 Å². The topological polar surface area (TPSA) is 38.1 Å². The SMILES string of the molecule is CCNC(c1cccnc1)c1ccco1. The number of hydrogen-bond donors (Lipinski definition) is 1. The third-order valence-corrected chi connectivity index (χ3v) is 2.25. The zero-order chi connectivity index (χ0) is 10.5. The molecule has 0 bridgehead atoms. The van der Waals surface area contributed by atoms with E-state index in [9.17, 15) is 0 Å². The number of hydrogen-bond acceptors (Lipinski definition) is 3. The summed E-state index contributed by atoms with van der Waals surface area (Å²) >= 11 is 0. The quantitative estimate of drug-likeness (QED) is 0.827. The summed E-state index contributed by atoms with van der Waals surface area (Å²) in [4.78, 5) is 4.12. The van der Waals surface area contributed by atoms with Gasteiger partial charge in [-0.3, -0.25) is 4.98 Å². The fraction of sp³-hybridized carbons (Fsp3) is 0.250. The Morgan fingerprint density at radius 3 is 2.93 bits per heavy atom. The van der Waals surface area contributed by atoms with E-state index in [1.165, 1.54) is 0 Å². The van der Waals surface area contributed by atoms with Crippen LogP contribution < -0.4 is 5.32 Å². The van der Waals surface area contributed by atoms with Crippen LogP contribution in [0, 0.1) is 0 Å². The van der Waals surface area contributed by atoms with Crippen LogP contribution in [0.1, 0.15) is 24.3 Å². The van der Waals surface area contributed by atoms with E-state index in [-0.39, 0.29) is 6.04 Å². The average molecular weight is 202 g/mol. The highest BCUT2D eigenvalue weighted by atomic mass is 16.3. The number of pyridine rings is 1. The van der Waals surface area contributed by atoms with E-state index in [1.807, 2.05) is 30.5 Å². The van der Waals surface area contributed by atoms with E-state index in [0.717, 1.165) is 17.9 Å². The second kappa shape index (κ2) is 4.75. The fourth-order valence-corrected chi connectivity index (χ4v) is 1.59. The van der Waals surface area contributed by atoms with E-state index in [4.69, 9.17) is 4.42 Å². The van der Waals surface area contributed by atoms with E-state index in [0.29, 0.717) is 0 Å². The molecule has 0 spiro atoms. The lowest BCUT2D eigenvalue weighted by molar-refractivity contribution is 0.451. The summed E-state index contributed by atoms with van der Waals surface area (Å²) in [6.45, 7) is 2.96. The van der Waals surface area contributed by atoms with Crippen molar-refractivity contribution >= 4 is 0 Å². The van der Waals surface area contributed by atoms with E-state index in [1.54, 1.807) is 12.5 Å². The number of nitrogens with zero attached hydrogens (tertiary/aromatic N) is 1. The van der Waals surface area contributed by atoms with Crippen molar-refractivity contribution in [1.82, 2.24) is 10.3 Å². The van der Waals surface area contributed by atoms with Crippen LogP contribution in [0.5, 0.6) is 0 Å². The minimum atomic E-state index is 0.0960. The van der Waals surface area contributed by atoms with Gasteiger partial charge in [0.1, 0.15) is 5.76 Å². The average Bonchev–Trinajstić information content (AvgIpc) is 2.80. The molecule has 15 heavy (non-hydrogen) atoms. The Kier molecular flexibility index (Phi) is 3.15. The molecule has 1 atom stereocenters.